The highest BCUT2D eigenvalue weighted by Crippen LogP contribution is 2.20. The lowest BCUT2D eigenvalue weighted by molar-refractivity contribution is 0.0600. The van der Waals surface area contributed by atoms with E-state index >= 15 is 0 Å². The number of rotatable bonds is 2. The fourth-order valence-corrected chi connectivity index (χ4v) is 1.40. The number of fused-ring (bicyclic) bond motifs is 1. The second-order valence-electron chi connectivity index (χ2n) is 2.88. The zero-order chi connectivity index (χ0) is 10.8. The van der Waals surface area contributed by atoms with E-state index < -0.39 is 11.8 Å². The van der Waals surface area contributed by atoms with Crippen LogP contribution in [0.1, 0.15) is 20.7 Å². The first kappa shape index (κ1) is 9.18. The van der Waals surface area contributed by atoms with Gasteiger partial charge in [0.1, 0.15) is 12.1 Å². The average Bonchev–Trinajstić information content (AvgIpc) is 2.51. The molecule has 1 aliphatic heterocycles. The molecular formula is C10H6N2O3. The third-order valence-corrected chi connectivity index (χ3v) is 2.05. The molecule has 0 aliphatic carbocycles. The Hall–Kier alpha value is -2.39. The summed E-state index contributed by atoms with van der Waals surface area (Å²) in [5.41, 5.74) is 2.92. The maximum absolute atomic E-state index is 11.6. The first-order chi connectivity index (χ1) is 7.25. The van der Waals surface area contributed by atoms with Crippen molar-refractivity contribution in [1.82, 2.24) is 10.4 Å². The van der Waals surface area contributed by atoms with Gasteiger partial charge in [-0.3, -0.25) is 15.0 Å². The van der Waals surface area contributed by atoms with Gasteiger partial charge in [0.2, 0.25) is 0 Å². The van der Waals surface area contributed by atoms with Gasteiger partial charge in [0.25, 0.3) is 11.8 Å². The van der Waals surface area contributed by atoms with Gasteiger partial charge >= 0.3 is 0 Å². The number of amides is 2. The molecule has 1 heterocycles. The number of carbonyl (C=O) groups excluding carboxylic acids is 3. The van der Waals surface area contributed by atoms with Crippen LogP contribution in [0, 0.1) is 0 Å². The maximum Gasteiger partial charge on any atom is 0.280 e. The molecule has 0 unspecified atom stereocenters. The lowest BCUT2D eigenvalue weighted by atomic mass is 10.1. The number of benzene rings is 1. The number of nitrogens with one attached hydrogen (secondary N) is 1. The monoisotopic (exact) mass is 202 g/mol. The molecule has 74 valence electrons. The van der Waals surface area contributed by atoms with Gasteiger partial charge in [0.15, 0.2) is 0 Å². The number of nitrogens with zero attached hydrogens (tertiary/aromatic N) is 1. The van der Waals surface area contributed by atoms with Crippen molar-refractivity contribution in [3.63, 3.8) is 0 Å². The molecule has 0 radical (unpaired) electrons. The molecule has 0 bridgehead atoms. The van der Waals surface area contributed by atoms with Crippen LogP contribution < -0.4 is 5.43 Å². The van der Waals surface area contributed by atoms with Gasteiger partial charge in [-0.1, -0.05) is 12.1 Å². The minimum absolute atomic E-state index is 0.328. The van der Waals surface area contributed by atoms with Crippen molar-refractivity contribution in [3.05, 3.63) is 41.6 Å². The normalized spacial score (nSPS) is 13.5. The van der Waals surface area contributed by atoms with Gasteiger partial charge in [-0.25, -0.2) is 4.79 Å². The van der Waals surface area contributed by atoms with Crippen molar-refractivity contribution in [2.24, 2.45) is 0 Å². The number of imide groups is 1. The minimum Gasteiger partial charge on any atom is -0.285 e. The summed E-state index contributed by atoms with van der Waals surface area (Å²) in [6, 6.07) is 6.45. The number of hydrazine groups is 1. The molecule has 1 aromatic carbocycles. The molecule has 0 spiro atoms. The molecule has 2 amide bonds. The Labute approximate surface area is 85.0 Å². The van der Waals surface area contributed by atoms with Gasteiger partial charge in [-0.05, 0) is 12.1 Å². The third-order valence-electron chi connectivity index (χ3n) is 2.05. The largest absolute Gasteiger partial charge is 0.285 e. The van der Waals surface area contributed by atoms with Crippen LogP contribution in [0.3, 0.4) is 0 Å². The molecule has 1 N–H and O–H groups in total. The molecule has 5 nitrogen and oxygen atoms in total. The van der Waals surface area contributed by atoms with Crippen molar-refractivity contribution < 1.29 is 14.4 Å². The molecule has 0 fully saturated rings. The Balaban J connectivity index is 2.41. The SMILES string of the molecule is O=C=CNN1C(=O)c2ccccc2C1=O. The van der Waals surface area contributed by atoms with Crippen LogP contribution in [0.2, 0.25) is 0 Å². The van der Waals surface area contributed by atoms with E-state index in [1.807, 2.05) is 0 Å². The predicted molar refractivity (Wildman–Crippen MR) is 50.3 cm³/mol. The zero-order valence-corrected chi connectivity index (χ0v) is 7.56. The van der Waals surface area contributed by atoms with E-state index in [4.69, 9.17) is 0 Å². The predicted octanol–water partition coefficient (Wildman–Crippen LogP) is 0.132. The highest BCUT2D eigenvalue weighted by atomic mass is 16.2. The summed E-state index contributed by atoms with van der Waals surface area (Å²) in [7, 11) is 0. The van der Waals surface area contributed by atoms with Gasteiger partial charge < -0.3 is 0 Å². The lowest BCUT2D eigenvalue weighted by Crippen LogP contribution is -2.39. The van der Waals surface area contributed by atoms with Crippen molar-refractivity contribution in [3.8, 4) is 0 Å². The summed E-state index contributed by atoms with van der Waals surface area (Å²) in [5, 5.41) is 0.773. The summed E-state index contributed by atoms with van der Waals surface area (Å²) in [6.07, 6.45) is 0.863. The van der Waals surface area contributed by atoms with Crippen LogP contribution >= 0.6 is 0 Å². The minimum atomic E-state index is -0.470. The van der Waals surface area contributed by atoms with Gasteiger partial charge in [0, 0.05) is 0 Å². The second-order valence-corrected chi connectivity index (χ2v) is 2.88. The van der Waals surface area contributed by atoms with Crippen molar-refractivity contribution in [1.29, 1.82) is 0 Å². The number of hydrogen-bond donors (Lipinski definition) is 1. The standard InChI is InChI=1S/C10H6N2O3/c13-6-5-11-12-9(14)7-3-1-2-4-8(7)10(12)15/h1-5,11H. The lowest BCUT2D eigenvalue weighted by Gasteiger charge is -2.10. The van der Waals surface area contributed by atoms with Crippen LogP contribution in [0.4, 0.5) is 0 Å². The Kier molecular flexibility index (Phi) is 2.08. The zero-order valence-electron chi connectivity index (χ0n) is 7.56. The fourth-order valence-electron chi connectivity index (χ4n) is 1.40. The summed E-state index contributed by atoms with van der Waals surface area (Å²) < 4.78 is 0. The van der Waals surface area contributed by atoms with Crippen LogP contribution in [0.25, 0.3) is 0 Å². The van der Waals surface area contributed by atoms with Gasteiger partial charge in [-0.15, -0.1) is 0 Å². The number of hydrogen-bond acceptors (Lipinski definition) is 4. The molecule has 0 saturated carbocycles. The van der Waals surface area contributed by atoms with E-state index in [9.17, 15) is 14.4 Å². The van der Waals surface area contributed by atoms with E-state index in [-0.39, 0.29) is 0 Å². The van der Waals surface area contributed by atoms with E-state index in [1.165, 1.54) is 5.94 Å². The van der Waals surface area contributed by atoms with Crippen molar-refractivity contribution >= 4 is 17.8 Å². The summed E-state index contributed by atoms with van der Waals surface area (Å²) >= 11 is 0. The molecule has 0 saturated heterocycles. The summed E-state index contributed by atoms with van der Waals surface area (Å²) in [5.74, 6) is 0.490. The molecule has 0 aromatic heterocycles. The van der Waals surface area contributed by atoms with Crippen LogP contribution in [-0.4, -0.2) is 22.8 Å². The Morgan fingerprint density at radius 3 is 2.13 bits per heavy atom. The molecule has 15 heavy (non-hydrogen) atoms. The Morgan fingerprint density at radius 1 is 1.13 bits per heavy atom. The van der Waals surface area contributed by atoms with Crippen LogP contribution in [-0.2, 0) is 4.79 Å². The Bertz CT molecular complexity index is 454. The smallest absolute Gasteiger partial charge is 0.280 e. The maximum atomic E-state index is 11.6. The first-order valence-electron chi connectivity index (χ1n) is 4.19. The summed E-state index contributed by atoms with van der Waals surface area (Å²) in [6.45, 7) is 0. The fraction of sp³-hybridized carbons (Fsp3) is 0. The molecule has 1 aliphatic rings. The van der Waals surface area contributed by atoms with Gasteiger partial charge in [-0.2, -0.15) is 5.01 Å². The van der Waals surface area contributed by atoms with E-state index in [0.29, 0.717) is 11.1 Å². The topological polar surface area (TPSA) is 66.5 Å². The number of carbonyl (C=O) groups is 2. The third kappa shape index (κ3) is 1.31. The molecule has 0 atom stereocenters. The molecule has 1 aromatic rings. The highest BCUT2D eigenvalue weighted by molar-refractivity contribution is 6.21. The molecular weight excluding hydrogens is 196 g/mol. The summed E-state index contributed by atoms with van der Waals surface area (Å²) in [4.78, 5) is 33.2. The van der Waals surface area contributed by atoms with Gasteiger partial charge in [0.05, 0.1) is 11.1 Å². The highest BCUT2D eigenvalue weighted by Gasteiger charge is 2.34. The van der Waals surface area contributed by atoms with Crippen LogP contribution in [0.15, 0.2) is 30.5 Å². The van der Waals surface area contributed by atoms with E-state index in [0.717, 1.165) is 11.2 Å². The van der Waals surface area contributed by atoms with E-state index in [2.05, 4.69) is 5.43 Å². The average molecular weight is 202 g/mol. The molecule has 5 heteroatoms. The first-order valence-corrected chi connectivity index (χ1v) is 4.19. The second kappa shape index (κ2) is 3.40. The van der Waals surface area contributed by atoms with Crippen LogP contribution in [0.5, 0.6) is 0 Å². The quantitative estimate of drug-likeness (QED) is 0.547. The Morgan fingerprint density at radius 2 is 1.67 bits per heavy atom. The van der Waals surface area contributed by atoms with Crippen molar-refractivity contribution in [2.75, 3.05) is 0 Å². The van der Waals surface area contributed by atoms with E-state index in [1.54, 1.807) is 24.3 Å². The van der Waals surface area contributed by atoms with Crippen molar-refractivity contribution in [2.45, 2.75) is 0 Å². The molecule has 2 rings (SSSR count).